The molecule has 0 atom stereocenters. The molecule has 29 heavy (non-hydrogen) atoms. The average molecular weight is 423 g/mol. The first-order valence-electron chi connectivity index (χ1n) is 9.20. The van der Waals surface area contributed by atoms with Crippen LogP contribution in [0.3, 0.4) is 0 Å². The van der Waals surface area contributed by atoms with Crippen molar-refractivity contribution in [2.45, 2.75) is 20.8 Å². The molecule has 0 aliphatic carbocycles. The molecular weight excluding hydrogens is 400 g/mol. The van der Waals surface area contributed by atoms with Crippen LogP contribution >= 0.6 is 24.0 Å². The highest BCUT2D eigenvalue weighted by Crippen LogP contribution is 2.31. The quantitative estimate of drug-likeness (QED) is 0.544. The van der Waals surface area contributed by atoms with Gasteiger partial charge in [-0.1, -0.05) is 84.2 Å². The largest absolute Gasteiger partial charge is 0.324 e. The number of amides is 2. The maximum Gasteiger partial charge on any atom is 0.266 e. The molecule has 1 N–H and O–H groups in total. The summed E-state index contributed by atoms with van der Waals surface area (Å²) in [6.45, 7) is 5.83. The second kappa shape index (κ2) is 9.20. The second-order valence-corrected chi connectivity index (χ2v) is 8.56. The molecule has 0 unspecified atom stereocenters. The van der Waals surface area contributed by atoms with Gasteiger partial charge in [0.05, 0.1) is 4.91 Å². The van der Waals surface area contributed by atoms with Crippen molar-refractivity contribution in [1.29, 1.82) is 0 Å². The van der Waals surface area contributed by atoms with Gasteiger partial charge in [0.25, 0.3) is 5.91 Å². The van der Waals surface area contributed by atoms with E-state index >= 15 is 0 Å². The van der Waals surface area contributed by atoms with E-state index in [2.05, 4.69) is 5.32 Å². The number of hydrogen-bond acceptors (Lipinski definition) is 4. The van der Waals surface area contributed by atoms with Gasteiger partial charge < -0.3 is 5.32 Å². The van der Waals surface area contributed by atoms with Crippen LogP contribution in [0.2, 0.25) is 0 Å². The molecular formula is C23H22N2O2S2. The number of thiocarbonyl (C=S) groups is 1. The number of hydrogen-bond donors (Lipinski definition) is 1. The maximum absolute atomic E-state index is 12.7. The van der Waals surface area contributed by atoms with Crippen LogP contribution in [-0.4, -0.2) is 27.6 Å². The number of rotatable bonds is 5. The zero-order chi connectivity index (χ0) is 21.0. The van der Waals surface area contributed by atoms with E-state index in [4.69, 9.17) is 12.2 Å². The predicted octanol–water partition coefficient (Wildman–Crippen LogP) is 5.01. The van der Waals surface area contributed by atoms with Crippen LogP contribution in [-0.2, 0) is 9.59 Å². The fourth-order valence-corrected chi connectivity index (χ4v) is 4.37. The van der Waals surface area contributed by atoms with Gasteiger partial charge in [-0.3, -0.25) is 14.5 Å². The standard InChI is InChI=1S/C23H22N2O2S2/c1-15-12-16(2)21(17(3)13-15)24-20(26)14-25-22(27)19(29-23(25)28)11-7-10-18-8-5-4-6-9-18/h4-13H,14H2,1-3H3,(H,24,26). The number of anilines is 1. The Labute approximate surface area is 180 Å². The maximum atomic E-state index is 12.7. The molecule has 0 spiro atoms. The summed E-state index contributed by atoms with van der Waals surface area (Å²) in [5, 5.41) is 2.92. The molecule has 148 valence electrons. The Balaban J connectivity index is 1.66. The number of thioether (sulfide) groups is 1. The van der Waals surface area contributed by atoms with Crippen LogP contribution in [0.25, 0.3) is 6.08 Å². The number of carbonyl (C=O) groups is 2. The van der Waals surface area contributed by atoms with Crippen LogP contribution in [0.5, 0.6) is 0 Å². The lowest BCUT2D eigenvalue weighted by Crippen LogP contribution is -2.36. The first-order chi connectivity index (χ1) is 13.8. The summed E-state index contributed by atoms with van der Waals surface area (Å²) in [6, 6.07) is 13.9. The molecule has 6 heteroatoms. The number of nitrogens with zero attached hydrogens (tertiary/aromatic N) is 1. The molecule has 0 radical (unpaired) electrons. The molecule has 0 saturated carbocycles. The van der Waals surface area contributed by atoms with Gasteiger partial charge in [-0.05, 0) is 43.5 Å². The van der Waals surface area contributed by atoms with Gasteiger partial charge in [0.15, 0.2) is 0 Å². The molecule has 0 bridgehead atoms. The normalized spacial score (nSPS) is 15.6. The monoisotopic (exact) mass is 422 g/mol. The molecule has 1 fully saturated rings. The van der Waals surface area contributed by atoms with Gasteiger partial charge in [-0.25, -0.2) is 0 Å². The molecule has 2 amide bonds. The molecule has 0 aromatic heterocycles. The number of aryl methyl sites for hydroxylation is 3. The minimum atomic E-state index is -0.266. The number of allylic oxidation sites excluding steroid dienone is 2. The lowest BCUT2D eigenvalue weighted by atomic mass is 10.1. The van der Waals surface area contributed by atoms with Gasteiger partial charge >= 0.3 is 0 Å². The van der Waals surface area contributed by atoms with Crippen LogP contribution in [0.15, 0.2) is 59.5 Å². The molecule has 4 nitrogen and oxygen atoms in total. The van der Waals surface area contributed by atoms with Crippen molar-refractivity contribution < 1.29 is 9.59 Å². The molecule has 1 aliphatic heterocycles. The lowest BCUT2D eigenvalue weighted by Gasteiger charge is -2.16. The van der Waals surface area contributed by atoms with Gasteiger partial charge in [-0.2, -0.15) is 0 Å². The second-order valence-electron chi connectivity index (χ2n) is 6.88. The molecule has 1 aliphatic rings. The highest BCUT2D eigenvalue weighted by atomic mass is 32.2. The summed E-state index contributed by atoms with van der Waals surface area (Å²) in [6.07, 6.45) is 5.47. The van der Waals surface area contributed by atoms with E-state index in [0.29, 0.717) is 9.23 Å². The summed E-state index contributed by atoms with van der Waals surface area (Å²) >= 11 is 6.52. The van der Waals surface area contributed by atoms with E-state index < -0.39 is 0 Å². The van der Waals surface area contributed by atoms with Crippen molar-refractivity contribution >= 4 is 51.9 Å². The minimum Gasteiger partial charge on any atom is -0.324 e. The van der Waals surface area contributed by atoms with Gasteiger partial charge in [0, 0.05) is 5.69 Å². The first kappa shape index (κ1) is 21.0. The Morgan fingerprint density at radius 3 is 2.45 bits per heavy atom. The van der Waals surface area contributed by atoms with E-state index in [0.717, 1.165) is 27.9 Å². The molecule has 1 heterocycles. The van der Waals surface area contributed by atoms with Crippen molar-refractivity contribution in [3.05, 3.63) is 81.8 Å². The van der Waals surface area contributed by atoms with Crippen LogP contribution < -0.4 is 5.32 Å². The zero-order valence-electron chi connectivity index (χ0n) is 16.6. The minimum absolute atomic E-state index is 0.100. The van der Waals surface area contributed by atoms with Crippen LogP contribution in [0.4, 0.5) is 5.69 Å². The van der Waals surface area contributed by atoms with Crippen molar-refractivity contribution in [2.75, 3.05) is 11.9 Å². The summed E-state index contributed by atoms with van der Waals surface area (Å²) in [5.41, 5.74) is 4.96. The Morgan fingerprint density at radius 2 is 1.79 bits per heavy atom. The van der Waals surface area contributed by atoms with E-state index in [1.165, 1.54) is 16.7 Å². The zero-order valence-corrected chi connectivity index (χ0v) is 18.2. The van der Waals surface area contributed by atoms with Crippen molar-refractivity contribution in [2.24, 2.45) is 0 Å². The molecule has 1 saturated heterocycles. The Morgan fingerprint density at radius 1 is 1.14 bits per heavy atom. The van der Waals surface area contributed by atoms with E-state index in [1.54, 1.807) is 6.08 Å². The van der Waals surface area contributed by atoms with Gasteiger partial charge in [-0.15, -0.1) is 0 Å². The molecule has 2 aromatic carbocycles. The Bertz CT molecular complexity index is 1000. The van der Waals surface area contributed by atoms with Crippen LogP contribution in [0, 0.1) is 20.8 Å². The fraction of sp³-hybridized carbons (Fsp3) is 0.174. The lowest BCUT2D eigenvalue weighted by molar-refractivity contribution is -0.126. The van der Waals surface area contributed by atoms with Crippen molar-refractivity contribution in [1.82, 2.24) is 4.90 Å². The van der Waals surface area contributed by atoms with E-state index in [9.17, 15) is 9.59 Å². The summed E-state index contributed by atoms with van der Waals surface area (Å²) in [4.78, 5) is 27.1. The van der Waals surface area contributed by atoms with Gasteiger partial charge in [0.2, 0.25) is 5.91 Å². The topological polar surface area (TPSA) is 49.4 Å². The predicted molar refractivity (Wildman–Crippen MR) is 125 cm³/mol. The molecule has 2 aromatic rings. The van der Waals surface area contributed by atoms with E-state index in [1.807, 2.05) is 75.4 Å². The number of benzene rings is 2. The highest BCUT2D eigenvalue weighted by Gasteiger charge is 2.33. The summed E-state index contributed by atoms with van der Waals surface area (Å²) in [5.74, 6) is -0.511. The Kier molecular flexibility index (Phi) is 6.67. The SMILES string of the molecule is Cc1cc(C)c(NC(=O)CN2C(=O)C(=CC=Cc3ccccc3)SC2=S)c(C)c1. The van der Waals surface area contributed by atoms with Crippen LogP contribution in [0.1, 0.15) is 22.3 Å². The summed E-state index contributed by atoms with van der Waals surface area (Å²) in [7, 11) is 0. The third-order valence-electron chi connectivity index (χ3n) is 4.45. The fourth-order valence-electron chi connectivity index (χ4n) is 3.16. The third-order valence-corrected chi connectivity index (χ3v) is 5.85. The Hall–Kier alpha value is -2.70. The van der Waals surface area contributed by atoms with E-state index in [-0.39, 0.29) is 18.4 Å². The smallest absolute Gasteiger partial charge is 0.266 e. The van der Waals surface area contributed by atoms with Gasteiger partial charge in [0.1, 0.15) is 10.9 Å². The number of nitrogens with one attached hydrogen (secondary N) is 1. The van der Waals surface area contributed by atoms with Crippen molar-refractivity contribution in [3.8, 4) is 0 Å². The average Bonchev–Trinajstić information content (AvgIpc) is 2.93. The highest BCUT2D eigenvalue weighted by molar-refractivity contribution is 8.26. The first-order valence-corrected chi connectivity index (χ1v) is 10.4. The third kappa shape index (κ3) is 5.22. The van der Waals surface area contributed by atoms with Crippen molar-refractivity contribution in [3.63, 3.8) is 0 Å². The number of carbonyl (C=O) groups excluding carboxylic acids is 2. The molecule has 3 rings (SSSR count). The summed E-state index contributed by atoms with van der Waals surface area (Å²) < 4.78 is 0.391.